The number of hydrogen-bond donors (Lipinski definition) is 0. The van der Waals surface area contributed by atoms with E-state index >= 15 is 0 Å². The Hall–Kier alpha value is -2.16. The van der Waals surface area contributed by atoms with E-state index in [1.807, 2.05) is 0 Å². The normalized spacial score (nSPS) is 25.5. The van der Waals surface area contributed by atoms with Gasteiger partial charge in [0, 0.05) is 0 Å². The van der Waals surface area contributed by atoms with Crippen LogP contribution < -0.4 is 4.74 Å². The van der Waals surface area contributed by atoms with E-state index in [-0.39, 0.29) is 11.7 Å². The van der Waals surface area contributed by atoms with Crippen LogP contribution in [0.15, 0.2) is 49.1 Å². The van der Waals surface area contributed by atoms with Crippen LogP contribution in [0.25, 0.3) is 0 Å². The van der Waals surface area contributed by atoms with Gasteiger partial charge in [-0.2, -0.15) is 4.39 Å². The molecule has 1 nitrogen and oxygen atoms in total. The molecule has 4 rings (SSSR count). The largest absolute Gasteiger partial charge is 0.491 e. The molecule has 0 saturated heterocycles. The van der Waals surface area contributed by atoms with Crippen molar-refractivity contribution in [2.75, 3.05) is 6.61 Å². The Labute approximate surface area is 198 Å². The number of aryl methyl sites for hydroxylation is 1. The van der Waals surface area contributed by atoms with Crippen molar-refractivity contribution in [1.29, 1.82) is 0 Å². The zero-order valence-electron chi connectivity index (χ0n) is 20.0. The maximum absolute atomic E-state index is 14.6. The molecule has 0 heterocycles. The van der Waals surface area contributed by atoms with Crippen molar-refractivity contribution < 1.29 is 13.5 Å². The van der Waals surface area contributed by atoms with E-state index in [2.05, 4.69) is 36.9 Å². The van der Waals surface area contributed by atoms with E-state index in [1.165, 1.54) is 43.2 Å². The minimum Gasteiger partial charge on any atom is -0.491 e. The molecule has 2 aromatic carbocycles. The highest BCUT2D eigenvalue weighted by atomic mass is 19.2. The minimum absolute atomic E-state index is 0.0166. The van der Waals surface area contributed by atoms with Gasteiger partial charge in [-0.15, -0.1) is 6.58 Å². The Morgan fingerprint density at radius 1 is 0.848 bits per heavy atom. The third-order valence-corrected chi connectivity index (χ3v) is 8.06. The second kappa shape index (κ2) is 11.3. The number of halogens is 2. The van der Waals surface area contributed by atoms with E-state index in [0.29, 0.717) is 29.9 Å². The zero-order valence-corrected chi connectivity index (χ0v) is 20.0. The van der Waals surface area contributed by atoms with Crippen LogP contribution in [0.1, 0.15) is 93.2 Å². The number of allylic oxidation sites excluding steroid dienone is 1. The minimum atomic E-state index is -0.839. The molecule has 2 saturated carbocycles. The molecule has 0 N–H and O–H groups in total. The summed E-state index contributed by atoms with van der Waals surface area (Å²) in [7, 11) is 0. The van der Waals surface area contributed by atoms with Gasteiger partial charge in [0.25, 0.3) is 0 Å². The van der Waals surface area contributed by atoms with Gasteiger partial charge in [0.2, 0.25) is 5.82 Å². The molecular formula is C30H38F2O. The molecule has 0 bridgehead atoms. The maximum Gasteiger partial charge on any atom is 0.200 e. The first-order chi connectivity index (χ1) is 16.1. The molecule has 0 aromatic heterocycles. The fourth-order valence-electron chi connectivity index (χ4n) is 5.91. The average Bonchev–Trinajstić information content (AvgIpc) is 2.87. The monoisotopic (exact) mass is 452 g/mol. The molecule has 0 unspecified atom stereocenters. The van der Waals surface area contributed by atoms with Crippen LogP contribution in [0.2, 0.25) is 0 Å². The van der Waals surface area contributed by atoms with Crippen molar-refractivity contribution in [1.82, 2.24) is 0 Å². The van der Waals surface area contributed by atoms with E-state index in [9.17, 15) is 8.78 Å². The number of hydrogen-bond acceptors (Lipinski definition) is 1. The van der Waals surface area contributed by atoms with Crippen molar-refractivity contribution in [3.8, 4) is 5.75 Å². The first kappa shape index (κ1) is 24.0. The van der Waals surface area contributed by atoms with E-state index in [1.54, 1.807) is 19.1 Å². The number of rotatable bonds is 8. The van der Waals surface area contributed by atoms with Crippen LogP contribution in [-0.2, 0) is 6.42 Å². The zero-order chi connectivity index (χ0) is 23.2. The van der Waals surface area contributed by atoms with Crippen molar-refractivity contribution >= 4 is 0 Å². The van der Waals surface area contributed by atoms with Crippen molar-refractivity contribution in [3.05, 3.63) is 77.4 Å². The Bertz CT molecular complexity index is 904. The average molecular weight is 453 g/mol. The van der Waals surface area contributed by atoms with Gasteiger partial charge in [0.05, 0.1) is 6.61 Å². The molecule has 2 aliphatic carbocycles. The van der Waals surface area contributed by atoms with E-state index in [0.717, 1.165) is 32.1 Å². The van der Waals surface area contributed by atoms with Gasteiger partial charge in [-0.25, -0.2) is 4.39 Å². The Morgan fingerprint density at radius 3 is 2.15 bits per heavy atom. The van der Waals surface area contributed by atoms with Gasteiger partial charge in [-0.3, -0.25) is 0 Å². The standard InChI is InChI=1S/C30H38F2O/c1-3-21-7-13-24(14-8-21)25-15-9-22(10-16-25)5-6-23-11-17-26(18-12-23)27-19-20-28(33-4-2)30(32)29(27)31/h3,9-10,15-16,19-21,23-24,26H,1,4-8,11-14,17-18H2,2H3. The lowest BCUT2D eigenvalue weighted by atomic mass is 9.76. The fourth-order valence-corrected chi connectivity index (χ4v) is 5.91. The predicted octanol–water partition coefficient (Wildman–Crippen LogP) is 8.73. The van der Waals surface area contributed by atoms with Gasteiger partial charge in [0.15, 0.2) is 11.6 Å². The third kappa shape index (κ3) is 5.86. The maximum atomic E-state index is 14.6. The summed E-state index contributed by atoms with van der Waals surface area (Å²) in [6.45, 7) is 6.06. The second-order valence-corrected chi connectivity index (χ2v) is 10.1. The molecule has 3 heteroatoms. The van der Waals surface area contributed by atoms with Gasteiger partial charge in [0.1, 0.15) is 0 Å². The molecule has 0 radical (unpaired) electrons. The molecular weight excluding hydrogens is 414 g/mol. The SMILES string of the molecule is C=CC1CCC(c2ccc(CCC3CCC(c4ccc(OCC)c(F)c4F)CC3)cc2)CC1. The molecule has 0 amide bonds. The smallest absolute Gasteiger partial charge is 0.200 e. The van der Waals surface area contributed by atoms with Gasteiger partial charge < -0.3 is 4.74 Å². The lowest BCUT2D eigenvalue weighted by Crippen LogP contribution is -2.15. The summed E-state index contributed by atoms with van der Waals surface area (Å²) < 4.78 is 34.0. The first-order valence-electron chi connectivity index (χ1n) is 12.9. The van der Waals surface area contributed by atoms with Crippen LogP contribution in [0.3, 0.4) is 0 Å². The summed E-state index contributed by atoms with van der Waals surface area (Å²) in [5, 5.41) is 0. The molecule has 178 valence electrons. The van der Waals surface area contributed by atoms with Crippen LogP contribution >= 0.6 is 0 Å². The molecule has 2 fully saturated rings. The fraction of sp³-hybridized carbons (Fsp3) is 0.533. The highest BCUT2D eigenvalue weighted by molar-refractivity contribution is 5.33. The first-order valence-corrected chi connectivity index (χ1v) is 12.9. The summed E-state index contributed by atoms with van der Waals surface area (Å²) in [6, 6.07) is 12.6. The summed E-state index contributed by atoms with van der Waals surface area (Å²) in [6.07, 6.45) is 13.5. The topological polar surface area (TPSA) is 9.23 Å². The predicted molar refractivity (Wildman–Crippen MR) is 132 cm³/mol. The molecule has 0 aliphatic heterocycles. The van der Waals surface area contributed by atoms with Crippen molar-refractivity contribution in [3.63, 3.8) is 0 Å². The summed E-state index contributed by atoms with van der Waals surface area (Å²) in [5.41, 5.74) is 3.43. The number of benzene rings is 2. The van der Waals surface area contributed by atoms with Crippen LogP contribution in [0.5, 0.6) is 5.75 Å². The lowest BCUT2D eigenvalue weighted by Gasteiger charge is -2.29. The molecule has 2 aromatic rings. The van der Waals surface area contributed by atoms with Crippen LogP contribution in [0, 0.1) is 23.5 Å². The van der Waals surface area contributed by atoms with E-state index < -0.39 is 11.6 Å². The van der Waals surface area contributed by atoms with Crippen LogP contribution in [-0.4, -0.2) is 6.61 Å². The van der Waals surface area contributed by atoms with Crippen molar-refractivity contribution in [2.24, 2.45) is 11.8 Å². The highest BCUT2D eigenvalue weighted by Crippen LogP contribution is 2.40. The number of ether oxygens (including phenoxy) is 1. The van der Waals surface area contributed by atoms with Crippen LogP contribution in [0.4, 0.5) is 8.78 Å². The summed E-state index contributed by atoms with van der Waals surface area (Å²) in [4.78, 5) is 0. The highest BCUT2D eigenvalue weighted by Gasteiger charge is 2.27. The molecule has 0 spiro atoms. The second-order valence-electron chi connectivity index (χ2n) is 10.1. The third-order valence-electron chi connectivity index (χ3n) is 8.06. The van der Waals surface area contributed by atoms with Crippen molar-refractivity contribution in [2.45, 2.75) is 83.0 Å². The quantitative estimate of drug-likeness (QED) is 0.364. The lowest BCUT2D eigenvalue weighted by molar-refractivity contribution is 0.297. The molecule has 2 aliphatic rings. The molecule has 0 atom stereocenters. The molecule has 33 heavy (non-hydrogen) atoms. The Balaban J connectivity index is 1.25. The Kier molecular flexibility index (Phi) is 8.22. The van der Waals surface area contributed by atoms with Gasteiger partial charge >= 0.3 is 0 Å². The Morgan fingerprint density at radius 2 is 1.52 bits per heavy atom. The van der Waals surface area contributed by atoms with Gasteiger partial charge in [-0.1, -0.05) is 36.4 Å². The van der Waals surface area contributed by atoms with E-state index in [4.69, 9.17) is 4.74 Å². The van der Waals surface area contributed by atoms with Gasteiger partial charge in [-0.05, 0) is 118 Å². The summed E-state index contributed by atoms with van der Waals surface area (Å²) >= 11 is 0. The summed E-state index contributed by atoms with van der Waals surface area (Å²) in [5.74, 6) is 0.658.